The van der Waals surface area contributed by atoms with Crippen LogP contribution in [0.2, 0.25) is 0 Å². The molecule has 1 atom stereocenters. The van der Waals surface area contributed by atoms with Crippen molar-refractivity contribution in [2.45, 2.75) is 31.8 Å². The topological polar surface area (TPSA) is 37.4 Å². The zero-order valence-corrected chi connectivity index (χ0v) is 10.9. The van der Waals surface area contributed by atoms with Gasteiger partial charge in [-0.1, -0.05) is 6.07 Å². The molecule has 2 fully saturated rings. The smallest absolute Gasteiger partial charge is 0.128 e. The minimum Gasteiger partial charge on any atom is -0.377 e. The largest absolute Gasteiger partial charge is 0.377 e. The predicted molar refractivity (Wildman–Crippen MR) is 72.0 cm³/mol. The summed E-state index contributed by atoms with van der Waals surface area (Å²) in [6.45, 7) is 5.61. The van der Waals surface area contributed by atoms with E-state index in [1.807, 2.05) is 6.20 Å². The first-order valence-corrected chi connectivity index (χ1v) is 6.83. The highest BCUT2D eigenvalue weighted by Gasteiger charge is 2.27. The highest BCUT2D eigenvalue weighted by atomic mass is 16.5. The number of nitrogens with zero attached hydrogens (tertiary/aromatic N) is 2. The lowest BCUT2D eigenvalue weighted by molar-refractivity contribution is 0.0932. The summed E-state index contributed by atoms with van der Waals surface area (Å²) in [7, 11) is 0. The molecule has 1 aromatic heterocycles. The van der Waals surface area contributed by atoms with Gasteiger partial charge >= 0.3 is 0 Å². The van der Waals surface area contributed by atoms with Crippen molar-refractivity contribution in [3.05, 3.63) is 23.9 Å². The molecule has 18 heavy (non-hydrogen) atoms. The molecule has 0 aromatic carbocycles. The summed E-state index contributed by atoms with van der Waals surface area (Å²) in [5, 5.41) is 3.59. The highest BCUT2D eigenvalue weighted by molar-refractivity contribution is 5.41. The molecule has 1 N–H and O–H groups in total. The first-order valence-electron chi connectivity index (χ1n) is 6.83. The molecule has 1 aliphatic heterocycles. The number of hydrogen-bond donors (Lipinski definition) is 1. The number of morpholine rings is 1. The lowest BCUT2D eigenvalue weighted by Gasteiger charge is -2.36. The molecule has 3 rings (SSSR count). The minimum atomic E-state index is 0.412. The Morgan fingerprint density at radius 3 is 3.06 bits per heavy atom. The zero-order chi connectivity index (χ0) is 12.4. The van der Waals surface area contributed by atoms with Gasteiger partial charge in [-0.05, 0) is 31.4 Å². The van der Waals surface area contributed by atoms with E-state index in [2.05, 4.69) is 34.3 Å². The number of hydrogen-bond acceptors (Lipinski definition) is 4. The molecule has 4 nitrogen and oxygen atoms in total. The van der Waals surface area contributed by atoms with Gasteiger partial charge in [0.05, 0.1) is 19.3 Å². The maximum Gasteiger partial charge on any atom is 0.128 e. The van der Waals surface area contributed by atoms with Gasteiger partial charge in [0.1, 0.15) is 5.82 Å². The maximum absolute atomic E-state index is 5.60. The summed E-state index contributed by atoms with van der Waals surface area (Å²) in [6.07, 6.45) is 4.60. The predicted octanol–water partition coefficient (Wildman–Crippen LogP) is 1.35. The van der Waals surface area contributed by atoms with Gasteiger partial charge < -0.3 is 15.0 Å². The fourth-order valence-electron chi connectivity index (χ4n) is 2.35. The van der Waals surface area contributed by atoms with Gasteiger partial charge in [0.15, 0.2) is 0 Å². The zero-order valence-electron chi connectivity index (χ0n) is 10.9. The van der Waals surface area contributed by atoms with E-state index in [9.17, 15) is 0 Å². The molecule has 2 aliphatic rings. The molecule has 1 aliphatic carbocycles. The van der Waals surface area contributed by atoms with Crippen LogP contribution < -0.4 is 10.2 Å². The summed E-state index contributed by atoms with van der Waals surface area (Å²) in [5.41, 5.74) is 1.21. The second-order valence-electron chi connectivity index (χ2n) is 5.30. The van der Waals surface area contributed by atoms with E-state index < -0.39 is 0 Å². The molecule has 0 spiro atoms. The summed E-state index contributed by atoms with van der Waals surface area (Å²) < 4.78 is 5.60. The first-order chi connectivity index (χ1) is 8.83. The van der Waals surface area contributed by atoms with Gasteiger partial charge in [0, 0.05) is 25.3 Å². The van der Waals surface area contributed by atoms with Crippen molar-refractivity contribution in [2.24, 2.45) is 0 Å². The van der Waals surface area contributed by atoms with Crippen LogP contribution in [0, 0.1) is 6.92 Å². The summed E-state index contributed by atoms with van der Waals surface area (Å²) in [6, 6.07) is 5.41. The lowest BCUT2D eigenvalue weighted by Crippen LogP contribution is -2.51. The standard InChI is InChI=1S/C14H21N3O/c1-11-2-5-14(16-8-11)17-6-7-18-10-13(17)9-15-12-3-4-12/h2,5,8,12-13,15H,3-4,6-7,9-10H2,1H3. The van der Waals surface area contributed by atoms with E-state index in [0.29, 0.717) is 6.04 Å². The summed E-state index contributed by atoms with van der Waals surface area (Å²) >= 11 is 0. The Bertz CT molecular complexity index is 389. The average molecular weight is 247 g/mol. The second-order valence-corrected chi connectivity index (χ2v) is 5.30. The van der Waals surface area contributed by atoms with Crippen molar-refractivity contribution in [2.75, 3.05) is 31.2 Å². The van der Waals surface area contributed by atoms with Crippen molar-refractivity contribution in [3.63, 3.8) is 0 Å². The van der Waals surface area contributed by atoms with Crippen molar-refractivity contribution in [1.29, 1.82) is 0 Å². The van der Waals surface area contributed by atoms with Crippen molar-refractivity contribution in [3.8, 4) is 0 Å². The molecule has 2 heterocycles. The quantitative estimate of drug-likeness (QED) is 0.871. The Hall–Kier alpha value is -1.13. The lowest BCUT2D eigenvalue weighted by atomic mass is 10.2. The van der Waals surface area contributed by atoms with E-state index in [0.717, 1.165) is 38.2 Å². The Balaban J connectivity index is 1.67. The SMILES string of the molecule is Cc1ccc(N2CCOCC2CNC2CC2)nc1. The number of aromatic nitrogens is 1. The fourth-order valence-corrected chi connectivity index (χ4v) is 2.35. The molecule has 98 valence electrons. The number of anilines is 1. The normalized spacial score (nSPS) is 24.3. The Kier molecular flexibility index (Phi) is 3.48. The number of nitrogens with one attached hydrogen (secondary N) is 1. The molecule has 1 saturated carbocycles. The van der Waals surface area contributed by atoms with Crippen LogP contribution in [-0.2, 0) is 4.74 Å². The molecule has 0 amide bonds. The Morgan fingerprint density at radius 1 is 1.44 bits per heavy atom. The molecule has 4 heteroatoms. The molecule has 1 unspecified atom stereocenters. The van der Waals surface area contributed by atoms with Crippen LogP contribution in [0.5, 0.6) is 0 Å². The third-order valence-electron chi connectivity index (χ3n) is 3.64. The molecule has 1 saturated heterocycles. The van der Waals surface area contributed by atoms with Crippen molar-refractivity contribution < 1.29 is 4.74 Å². The van der Waals surface area contributed by atoms with Gasteiger partial charge in [0.2, 0.25) is 0 Å². The van der Waals surface area contributed by atoms with E-state index >= 15 is 0 Å². The van der Waals surface area contributed by atoms with Gasteiger partial charge in [-0.25, -0.2) is 4.98 Å². The summed E-state index contributed by atoms with van der Waals surface area (Å²) in [4.78, 5) is 6.91. The number of aryl methyl sites for hydroxylation is 1. The van der Waals surface area contributed by atoms with Crippen LogP contribution in [0.3, 0.4) is 0 Å². The van der Waals surface area contributed by atoms with Gasteiger partial charge in [-0.3, -0.25) is 0 Å². The van der Waals surface area contributed by atoms with Crippen LogP contribution >= 0.6 is 0 Å². The minimum absolute atomic E-state index is 0.412. The van der Waals surface area contributed by atoms with Crippen LogP contribution in [0.15, 0.2) is 18.3 Å². The van der Waals surface area contributed by atoms with Gasteiger partial charge in [-0.2, -0.15) is 0 Å². The molecule has 0 bridgehead atoms. The fraction of sp³-hybridized carbons (Fsp3) is 0.643. The average Bonchev–Trinajstić information content (AvgIpc) is 3.22. The second kappa shape index (κ2) is 5.24. The van der Waals surface area contributed by atoms with Crippen LogP contribution in [0.25, 0.3) is 0 Å². The van der Waals surface area contributed by atoms with Gasteiger partial charge in [0.25, 0.3) is 0 Å². The Morgan fingerprint density at radius 2 is 2.33 bits per heavy atom. The van der Waals surface area contributed by atoms with E-state index in [1.54, 1.807) is 0 Å². The van der Waals surface area contributed by atoms with E-state index in [1.165, 1.54) is 18.4 Å². The Labute approximate surface area is 108 Å². The number of pyridine rings is 1. The monoisotopic (exact) mass is 247 g/mol. The third kappa shape index (κ3) is 2.82. The molecular weight excluding hydrogens is 226 g/mol. The van der Waals surface area contributed by atoms with Crippen LogP contribution in [-0.4, -0.2) is 43.4 Å². The maximum atomic E-state index is 5.60. The molecule has 0 radical (unpaired) electrons. The van der Waals surface area contributed by atoms with E-state index in [-0.39, 0.29) is 0 Å². The highest BCUT2D eigenvalue weighted by Crippen LogP contribution is 2.21. The summed E-state index contributed by atoms with van der Waals surface area (Å²) in [5.74, 6) is 1.08. The van der Waals surface area contributed by atoms with Crippen LogP contribution in [0.4, 0.5) is 5.82 Å². The van der Waals surface area contributed by atoms with Crippen LogP contribution in [0.1, 0.15) is 18.4 Å². The van der Waals surface area contributed by atoms with Crippen molar-refractivity contribution >= 4 is 5.82 Å². The number of rotatable bonds is 4. The van der Waals surface area contributed by atoms with Gasteiger partial charge in [-0.15, -0.1) is 0 Å². The first kappa shape index (κ1) is 11.9. The molecule has 1 aromatic rings. The molecular formula is C14H21N3O. The third-order valence-corrected chi connectivity index (χ3v) is 3.64. The van der Waals surface area contributed by atoms with Crippen molar-refractivity contribution in [1.82, 2.24) is 10.3 Å². The van der Waals surface area contributed by atoms with E-state index in [4.69, 9.17) is 4.74 Å². The number of ether oxygens (including phenoxy) is 1.